The van der Waals surface area contributed by atoms with Crippen LogP contribution in [0.2, 0.25) is 0 Å². The molecule has 7 heteroatoms. The summed E-state index contributed by atoms with van der Waals surface area (Å²) >= 11 is 1.27. The molecule has 3 heterocycles. The predicted molar refractivity (Wildman–Crippen MR) is 118 cm³/mol. The van der Waals surface area contributed by atoms with Crippen molar-refractivity contribution in [1.29, 1.82) is 0 Å². The highest BCUT2D eigenvalue weighted by atomic mass is 32.1. The van der Waals surface area contributed by atoms with Crippen LogP contribution in [0.4, 0.5) is 0 Å². The number of aromatic nitrogens is 1. The van der Waals surface area contributed by atoms with E-state index in [2.05, 4.69) is 11.6 Å². The Morgan fingerprint density at radius 2 is 2.03 bits per heavy atom. The molecule has 156 valence electrons. The lowest BCUT2D eigenvalue weighted by Gasteiger charge is -2.27. The highest BCUT2D eigenvalue weighted by Crippen LogP contribution is 2.40. The van der Waals surface area contributed by atoms with Gasteiger partial charge in [-0.1, -0.05) is 36.9 Å². The van der Waals surface area contributed by atoms with Gasteiger partial charge in [-0.05, 0) is 40.8 Å². The summed E-state index contributed by atoms with van der Waals surface area (Å²) in [5, 5.41) is 12.5. The molecule has 0 aliphatic carbocycles. The summed E-state index contributed by atoms with van der Waals surface area (Å²) in [6.07, 6.45) is 4.96. The van der Waals surface area contributed by atoms with E-state index in [4.69, 9.17) is 4.74 Å². The molecule has 1 amide bonds. The summed E-state index contributed by atoms with van der Waals surface area (Å²) in [5.74, 6) is -0.808. The van der Waals surface area contributed by atoms with Gasteiger partial charge in [0.1, 0.15) is 12.4 Å². The van der Waals surface area contributed by atoms with Gasteiger partial charge in [0.05, 0.1) is 16.5 Å². The molecule has 0 fully saturated rings. The first-order chi connectivity index (χ1) is 15.1. The Morgan fingerprint density at radius 3 is 2.68 bits per heavy atom. The summed E-state index contributed by atoms with van der Waals surface area (Å²) in [6.45, 7) is 4.21. The number of rotatable bonds is 8. The van der Waals surface area contributed by atoms with E-state index in [-0.39, 0.29) is 17.9 Å². The van der Waals surface area contributed by atoms with Crippen LogP contribution in [0.25, 0.3) is 0 Å². The molecule has 0 saturated carbocycles. The van der Waals surface area contributed by atoms with Crippen molar-refractivity contribution in [3.05, 3.63) is 106 Å². The third kappa shape index (κ3) is 4.13. The van der Waals surface area contributed by atoms with Crippen molar-refractivity contribution in [1.82, 2.24) is 9.88 Å². The predicted octanol–water partition coefficient (Wildman–Crippen LogP) is 4.49. The summed E-state index contributed by atoms with van der Waals surface area (Å²) in [4.78, 5) is 32.3. The molecule has 0 unspecified atom stereocenters. The van der Waals surface area contributed by atoms with Crippen molar-refractivity contribution in [2.75, 3.05) is 6.61 Å². The number of hydrogen-bond acceptors (Lipinski definition) is 6. The van der Waals surface area contributed by atoms with E-state index in [1.54, 1.807) is 66.3 Å². The molecule has 1 aliphatic rings. The molecule has 4 rings (SSSR count). The zero-order valence-electron chi connectivity index (χ0n) is 16.6. The van der Waals surface area contributed by atoms with E-state index in [0.29, 0.717) is 22.8 Å². The number of hydrogen-bond donors (Lipinski definition) is 1. The number of carbonyl (C=O) groups is 2. The number of aliphatic hydroxyl groups is 1. The smallest absolute Gasteiger partial charge is 0.290 e. The van der Waals surface area contributed by atoms with Gasteiger partial charge in [0.25, 0.3) is 5.91 Å². The Bertz CT molecular complexity index is 1120. The van der Waals surface area contributed by atoms with Gasteiger partial charge in [0.15, 0.2) is 5.76 Å². The van der Waals surface area contributed by atoms with E-state index in [0.717, 1.165) is 5.56 Å². The van der Waals surface area contributed by atoms with Crippen LogP contribution in [-0.2, 0) is 11.3 Å². The van der Waals surface area contributed by atoms with Crippen molar-refractivity contribution >= 4 is 23.0 Å². The van der Waals surface area contributed by atoms with Gasteiger partial charge in [-0.3, -0.25) is 14.6 Å². The molecule has 0 spiro atoms. The third-order valence-electron chi connectivity index (χ3n) is 4.93. The van der Waals surface area contributed by atoms with Crippen LogP contribution >= 0.6 is 11.3 Å². The summed E-state index contributed by atoms with van der Waals surface area (Å²) in [6, 6.07) is 13.5. The minimum absolute atomic E-state index is 0.0797. The minimum atomic E-state index is -0.726. The lowest BCUT2D eigenvalue weighted by Crippen LogP contribution is -2.30. The van der Waals surface area contributed by atoms with Crippen molar-refractivity contribution < 1.29 is 19.4 Å². The minimum Gasteiger partial charge on any atom is -0.503 e. The normalized spacial score (nSPS) is 15.9. The standard InChI is InChI=1S/C24H20N2O4S/c1-2-12-30-18-9-7-17(8-10-18)21-20(22(27)19-6-4-13-31-19)23(28)24(29)26(21)15-16-5-3-11-25-14-16/h2-11,13-14,21,28H,1,12,15H2/t21-/m0/s1. The average Bonchev–Trinajstić information content (AvgIpc) is 3.42. The number of ether oxygens (including phenoxy) is 1. The molecule has 2 aromatic heterocycles. The molecule has 3 aromatic rings. The van der Waals surface area contributed by atoms with Crippen LogP contribution in [0.1, 0.15) is 26.8 Å². The van der Waals surface area contributed by atoms with Gasteiger partial charge in [-0.25, -0.2) is 0 Å². The maximum Gasteiger partial charge on any atom is 0.290 e. The SMILES string of the molecule is C=CCOc1ccc([C@H]2C(C(=O)c3cccs3)=C(O)C(=O)N2Cc2cccnc2)cc1. The number of nitrogens with zero attached hydrogens (tertiary/aromatic N) is 2. The maximum absolute atomic E-state index is 13.2. The van der Waals surface area contributed by atoms with E-state index < -0.39 is 17.7 Å². The van der Waals surface area contributed by atoms with Gasteiger partial charge in [-0.15, -0.1) is 11.3 Å². The highest BCUT2D eigenvalue weighted by molar-refractivity contribution is 7.12. The molecule has 1 aliphatic heterocycles. The third-order valence-corrected chi connectivity index (χ3v) is 5.80. The van der Waals surface area contributed by atoms with Gasteiger partial charge >= 0.3 is 0 Å². The quantitative estimate of drug-likeness (QED) is 0.419. The summed E-state index contributed by atoms with van der Waals surface area (Å²) in [7, 11) is 0. The number of pyridine rings is 1. The van der Waals surface area contributed by atoms with Gasteiger partial charge < -0.3 is 14.7 Å². The van der Waals surface area contributed by atoms with E-state index in [9.17, 15) is 14.7 Å². The van der Waals surface area contributed by atoms with Gasteiger partial charge in [0.2, 0.25) is 5.78 Å². The lowest BCUT2D eigenvalue weighted by atomic mass is 9.95. The molecule has 1 atom stereocenters. The summed E-state index contributed by atoms with van der Waals surface area (Å²) < 4.78 is 5.54. The fourth-order valence-corrected chi connectivity index (χ4v) is 4.20. The Labute approximate surface area is 183 Å². The Morgan fingerprint density at radius 1 is 1.23 bits per heavy atom. The molecule has 1 aromatic carbocycles. The average molecular weight is 433 g/mol. The van der Waals surface area contributed by atoms with Crippen molar-refractivity contribution in [3.63, 3.8) is 0 Å². The molecular weight excluding hydrogens is 412 g/mol. The van der Waals surface area contributed by atoms with Crippen molar-refractivity contribution in [2.24, 2.45) is 0 Å². The molecule has 0 bridgehead atoms. The fraction of sp³-hybridized carbons (Fsp3) is 0.125. The monoisotopic (exact) mass is 432 g/mol. The van der Waals surface area contributed by atoms with Crippen LogP contribution in [0.3, 0.4) is 0 Å². The molecule has 6 nitrogen and oxygen atoms in total. The van der Waals surface area contributed by atoms with Crippen LogP contribution in [-0.4, -0.2) is 33.3 Å². The molecule has 1 N–H and O–H groups in total. The molecule has 31 heavy (non-hydrogen) atoms. The maximum atomic E-state index is 13.2. The topological polar surface area (TPSA) is 79.7 Å². The first-order valence-electron chi connectivity index (χ1n) is 9.65. The number of benzene rings is 1. The number of amides is 1. The summed E-state index contributed by atoms with van der Waals surface area (Å²) in [5.41, 5.74) is 1.58. The van der Waals surface area contributed by atoms with Crippen molar-refractivity contribution in [3.8, 4) is 5.75 Å². The van der Waals surface area contributed by atoms with E-state index >= 15 is 0 Å². The second-order valence-electron chi connectivity index (χ2n) is 6.93. The first-order valence-corrected chi connectivity index (χ1v) is 10.5. The van der Waals surface area contributed by atoms with Crippen LogP contribution in [0.15, 0.2) is 90.3 Å². The van der Waals surface area contributed by atoms with Crippen molar-refractivity contribution in [2.45, 2.75) is 12.6 Å². The van der Waals surface area contributed by atoms with E-state index in [1.165, 1.54) is 16.2 Å². The van der Waals surface area contributed by atoms with Crippen LogP contribution in [0.5, 0.6) is 5.75 Å². The largest absolute Gasteiger partial charge is 0.503 e. The first kappa shape index (κ1) is 20.6. The highest BCUT2D eigenvalue weighted by Gasteiger charge is 2.44. The zero-order valence-corrected chi connectivity index (χ0v) is 17.4. The van der Waals surface area contributed by atoms with Gasteiger partial charge in [0, 0.05) is 18.9 Å². The second-order valence-corrected chi connectivity index (χ2v) is 7.88. The lowest BCUT2D eigenvalue weighted by molar-refractivity contribution is -0.130. The molecule has 0 radical (unpaired) electrons. The van der Waals surface area contributed by atoms with Crippen LogP contribution in [0, 0.1) is 0 Å². The molecule has 0 saturated heterocycles. The number of ketones is 1. The number of thiophene rings is 1. The Hall–Kier alpha value is -3.71. The number of carbonyl (C=O) groups excluding carboxylic acids is 2. The Balaban J connectivity index is 1.74. The Kier molecular flexibility index (Phi) is 5.95. The van der Waals surface area contributed by atoms with Crippen LogP contribution < -0.4 is 4.74 Å². The second kappa shape index (κ2) is 8.97. The van der Waals surface area contributed by atoms with Gasteiger partial charge in [-0.2, -0.15) is 0 Å². The zero-order chi connectivity index (χ0) is 21.8. The molecular formula is C24H20N2O4S. The number of Topliss-reactive ketones (excluding diaryl/α,β-unsaturated/α-hetero) is 1. The fourth-order valence-electron chi connectivity index (χ4n) is 3.53. The van der Waals surface area contributed by atoms with E-state index in [1.807, 2.05) is 6.07 Å². The number of aliphatic hydroxyl groups excluding tert-OH is 1.